The molecule has 0 aliphatic heterocycles. The number of hydrogen-bond donors (Lipinski definition) is 3. The van der Waals surface area contributed by atoms with Gasteiger partial charge in [-0.1, -0.05) is 0 Å². The Morgan fingerprint density at radius 1 is 1.44 bits per heavy atom. The van der Waals surface area contributed by atoms with Crippen molar-refractivity contribution in [1.29, 1.82) is 0 Å². The van der Waals surface area contributed by atoms with E-state index in [1.54, 1.807) is 6.20 Å². The molecule has 3 rings (SSSR count). The largest absolute Gasteiger partial charge is 0.478 e. The Morgan fingerprint density at radius 3 is 2.94 bits per heavy atom. The van der Waals surface area contributed by atoms with Crippen molar-refractivity contribution in [1.82, 2.24) is 15.0 Å². The van der Waals surface area contributed by atoms with E-state index in [1.807, 2.05) is 6.92 Å². The molecule has 0 radical (unpaired) electrons. The Hall–Kier alpha value is -2.04. The summed E-state index contributed by atoms with van der Waals surface area (Å²) < 4.78 is 0. The Balaban J connectivity index is 2.28. The number of fused-ring (bicyclic) bond motifs is 3. The minimum Gasteiger partial charge on any atom is -0.478 e. The van der Waals surface area contributed by atoms with Gasteiger partial charge in [-0.3, -0.25) is 0 Å². The van der Waals surface area contributed by atoms with Crippen LogP contribution in [0.3, 0.4) is 0 Å². The van der Waals surface area contributed by atoms with Gasteiger partial charge in [-0.05, 0) is 19.8 Å². The predicted molar refractivity (Wildman–Crippen MR) is 57.5 cm³/mol. The highest BCUT2D eigenvalue weighted by Gasteiger charge is 2.26. The minimum absolute atomic E-state index is 0.308. The van der Waals surface area contributed by atoms with Crippen LogP contribution < -0.4 is 0 Å². The van der Waals surface area contributed by atoms with Crippen molar-refractivity contribution in [2.24, 2.45) is 0 Å². The van der Waals surface area contributed by atoms with Crippen LogP contribution in [0.4, 0.5) is 0 Å². The van der Waals surface area contributed by atoms with Gasteiger partial charge < -0.3 is 15.1 Å². The van der Waals surface area contributed by atoms with Crippen LogP contribution in [0.15, 0.2) is 6.20 Å². The standard InChI is InChI=1S/C11H11N3O2/c1-5-13-8-3-2-7-9(10(8)14-5)6(4-12-7)11(15)16/h4,12H,2-3H2,1H3,(H,13,14)(H,15,16). The Labute approximate surface area is 91.5 Å². The first-order valence-corrected chi connectivity index (χ1v) is 5.16. The summed E-state index contributed by atoms with van der Waals surface area (Å²) in [5, 5.41) is 9.10. The number of nitrogens with one attached hydrogen (secondary N) is 2. The second-order valence-corrected chi connectivity index (χ2v) is 4.01. The summed E-state index contributed by atoms with van der Waals surface area (Å²) in [6.45, 7) is 1.88. The molecule has 2 aromatic heterocycles. The first-order chi connectivity index (χ1) is 7.66. The molecule has 0 saturated heterocycles. The normalized spacial score (nSPS) is 13.3. The van der Waals surface area contributed by atoms with Gasteiger partial charge in [0.25, 0.3) is 0 Å². The van der Waals surface area contributed by atoms with Crippen molar-refractivity contribution in [2.75, 3.05) is 0 Å². The zero-order valence-electron chi connectivity index (χ0n) is 8.79. The lowest BCUT2D eigenvalue weighted by atomic mass is 9.96. The quantitative estimate of drug-likeness (QED) is 0.677. The lowest BCUT2D eigenvalue weighted by Gasteiger charge is -2.11. The monoisotopic (exact) mass is 217 g/mol. The van der Waals surface area contributed by atoms with Crippen LogP contribution in [0.25, 0.3) is 11.3 Å². The van der Waals surface area contributed by atoms with Crippen molar-refractivity contribution in [2.45, 2.75) is 19.8 Å². The van der Waals surface area contributed by atoms with E-state index in [1.165, 1.54) is 0 Å². The number of carbonyl (C=O) groups is 1. The molecular weight excluding hydrogens is 206 g/mol. The molecule has 0 bridgehead atoms. The first-order valence-electron chi connectivity index (χ1n) is 5.16. The van der Waals surface area contributed by atoms with Gasteiger partial charge in [-0.2, -0.15) is 0 Å². The van der Waals surface area contributed by atoms with E-state index in [9.17, 15) is 4.79 Å². The second kappa shape index (κ2) is 2.98. The van der Waals surface area contributed by atoms with E-state index in [0.717, 1.165) is 41.3 Å². The summed E-state index contributed by atoms with van der Waals surface area (Å²) in [5.74, 6) is -0.0820. The fourth-order valence-electron chi connectivity index (χ4n) is 2.28. The summed E-state index contributed by atoms with van der Waals surface area (Å²) in [5.41, 5.74) is 3.85. The highest BCUT2D eigenvalue weighted by molar-refractivity contribution is 5.97. The third kappa shape index (κ3) is 1.11. The average molecular weight is 217 g/mol. The highest BCUT2D eigenvalue weighted by atomic mass is 16.4. The van der Waals surface area contributed by atoms with Crippen molar-refractivity contribution in [3.05, 3.63) is 29.0 Å². The summed E-state index contributed by atoms with van der Waals surface area (Å²) in [6, 6.07) is 0. The third-order valence-corrected chi connectivity index (χ3v) is 2.95. The number of aromatic nitrogens is 3. The maximum Gasteiger partial charge on any atom is 0.337 e. The summed E-state index contributed by atoms with van der Waals surface area (Å²) in [4.78, 5) is 21.7. The van der Waals surface area contributed by atoms with Crippen LogP contribution in [-0.2, 0) is 12.8 Å². The average Bonchev–Trinajstić information content (AvgIpc) is 2.77. The van der Waals surface area contributed by atoms with Gasteiger partial charge in [0.2, 0.25) is 0 Å². The van der Waals surface area contributed by atoms with Crippen LogP contribution in [0.1, 0.15) is 27.6 Å². The van der Waals surface area contributed by atoms with Crippen LogP contribution in [0, 0.1) is 6.92 Å². The van der Waals surface area contributed by atoms with Crippen LogP contribution in [0.5, 0.6) is 0 Å². The van der Waals surface area contributed by atoms with Crippen molar-refractivity contribution in [3.63, 3.8) is 0 Å². The Morgan fingerprint density at radius 2 is 2.19 bits per heavy atom. The van der Waals surface area contributed by atoms with Gasteiger partial charge >= 0.3 is 5.97 Å². The SMILES string of the molecule is Cc1nc2c([nH]1)CCc1[nH]cc(C(=O)O)c1-2. The number of aromatic amines is 2. The molecule has 5 heteroatoms. The summed E-state index contributed by atoms with van der Waals surface area (Å²) >= 11 is 0. The molecule has 82 valence electrons. The highest BCUT2D eigenvalue weighted by Crippen LogP contribution is 2.34. The lowest BCUT2D eigenvalue weighted by Crippen LogP contribution is -2.05. The smallest absolute Gasteiger partial charge is 0.337 e. The Kier molecular flexibility index (Phi) is 1.71. The number of rotatable bonds is 1. The van der Waals surface area contributed by atoms with Gasteiger partial charge in [-0.25, -0.2) is 9.78 Å². The molecule has 0 unspecified atom stereocenters. The zero-order chi connectivity index (χ0) is 11.3. The number of imidazole rings is 1. The molecule has 0 aromatic carbocycles. The number of aromatic carboxylic acids is 1. The molecule has 2 aromatic rings. The van der Waals surface area contributed by atoms with Gasteiger partial charge in [0.05, 0.1) is 11.3 Å². The second-order valence-electron chi connectivity index (χ2n) is 4.01. The molecule has 16 heavy (non-hydrogen) atoms. The van der Waals surface area contributed by atoms with Gasteiger partial charge in [-0.15, -0.1) is 0 Å². The van der Waals surface area contributed by atoms with Gasteiger partial charge in [0, 0.05) is 23.1 Å². The van der Waals surface area contributed by atoms with E-state index in [0.29, 0.717) is 5.56 Å². The van der Waals surface area contributed by atoms with Gasteiger partial charge in [0.1, 0.15) is 5.82 Å². The van der Waals surface area contributed by atoms with Crippen molar-refractivity contribution >= 4 is 5.97 Å². The Bertz CT molecular complexity index is 580. The van der Waals surface area contributed by atoms with E-state index >= 15 is 0 Å². The zero-order valence-corrected chi connectivity index (χ0v) is 8.79. The van der Waals surface area contributed by atoms with E-state index in [2.05, 4.69) is 15.0 Å². The summed E-state index contributed by atoms with van der Waals surface area (Å²) in [6.07, 6.45) is 3.26. The molecule has 5 nitrogen and oxygen atoms in total. The number of H-pyrrole nitrogens is 2. The maximum atomic E-state index is 11.1. The van der Waals surface area contributed by atoms with E-state index in [-0.39, 0.29) is 0 Å². The number of carboxylic acid groups (broad SMARTS) is 1. The van der Waals surface area contributed by atoms with Crippen molar-refractivity contribution < 1.29 is 9.90 Å². The molecule has 0 atom stereocenters. The molecule has 1 aliphatic rings. The molecule has 0 amide bonds. The van der Waals surface area contributed by atoms with Crippen LogP contribution in [0.2, 0.25) is 0 Å². The molecule has 3 N–H and O–H groups in total. The lowest BCUT2D eigenvalue weighted by molar-refractivity contribution is 0.0698. The molecular formula is C11H11N3O2. The maximum absolute atomic E-state index is 11.1. The predicted octanol–water partition coefficient (Wildman–Crippen LogP) is 1.51. The fourth-order valence-corrected chi connectivity index (χ4v) is 2.28. The molecule has 1 aliphatic carbocycles. The molecule has 0 fully saturated rings. The minimum atomic E-state index is -0.911. The first kappa shape index (κ1) is 9.21. The number of aryl methyl sites for hydroxylation is 3. The van der Waals surface area contributed by atoms with Crippen LogP contribution in [-0.4, -0.2) is 26.0 Å². The molecule has 2 heterocycles. The van der Waals surface area contributed by atoms with E-state index < -0.39 is 5.97 Å². The number of hydrogen-bond acceptors (Lipinski definition) is 2. The number of carboxylic acids is 1. The van der Waals surface area contributed by atoms with E-state index in [4.69, 9.17) is 5.11 Å². The van der Waals surface area contributed by atoms with Crippen molar-refractivity contribution in [3.8, 4) is 11.3 Å². The van der Waals surface area contributed by atoms with Crippen LogP contribution >= 0.6 is 0 Å². The third-order valence-electron chi connectivity index (χ3n) is 2.95. The van der Waals surface area contributed by atoms with Gasteiger partial charge in [0.15, 0.2) is 0 Å². The number of nitrogens with zero attached hydrogens (tertiary/aromatic N) is 1. The summed E-state index contributed by atoms with van der Waals surface area (Å²) in [7, 11) is 0. The topological polar surface area (TPSA) is 81.8 Å². The molecule has 0 spiro atoms. The molecule has 0 saturated carbocycles. The fraction of sp³-hybridized carbons (Fsp3) is 0.273.